The molecule has 0 saturated carbocycles. The lowest BCUT2D eigenvalue weighted by atomic mass is 10.0. The van der Waals surface area contributed by atoms with Gasteiger partial charge in [-0.2, -0.15) is 0 Å². The minimum absolute atomic E-state index is 0.0413. The van der Waals surface area contributed by atoms with E-state index in [1.165, 1.54) is 0 Å². The number of nitrogens with zero attached hydrogens (tertiary/aromatic N) is 3. The van der Waals surface area contributed by atoms with Crippen LogP contribution < -0.4 is 4.90 Å². The second kappa shape index (κ2) is 6.74. The fourth-order valence-corrected chi connectivity index (χ4v) is 3.55. The summed E-state index contributed by atoms with van der Waals surface area (Å²) in [5.41, 5.74) is 3.65. The highest BCUT2D eigenvalue weighted by molar-refractivity contribution is 5.84. The second-order valence-corrected chi connectivity index (χ2v) is 6.49. The lowest BCUT2D eigenvalue weighted by Gasteiger charge is -2.39. The summed E-state index contributed by atoms with van der Waals surface area (Å²) in [6.07, 6.45) is 1.50. The molecule has 3 rings (SSSR count). The van der Waals surface area contributed by atoms with Crippen molar-refractivity contribution in [2.75, 3.05) is 24.7 Å². The van der Waals surface area contributed by atoms with Crippen LogP contribution in [0, 0.1) is 24.0 Å². The van der Waals surface area contributed by atoms with Crippen molar-refractivity contribution in [2.24, 2.45) is 0 Å². The maximum absolute atomic E-state index is 12.6. The molecule has 1 atom stereocenters. The summed E-state index contributed by atoms with van der Waals surface area (Å²) in [6, 6.07) is 4.84. The van der Waals surface area contributed by atoms with E-state index in [0.717, 1.165) is 29.8 Å². The Bertz CT molecular complexity index is 744. The zero-order chi connectivity index (χ0) is 18.1. The van der Waals surface area contributed by atoms with Gasteiger partial charge in [-0.05, 0) is 56.9 Å². The Kier molecular flexibility index (Phi) is 4.65. The van der Waals surface area contributed by atoms with Gasteiger partial charge in [-0.3, -0.25) is 10.1 Å². The Morgan fingerprint density at radius 1 is 1.36 bits per heavy atom. The van der Waals surface area contributed by atoms with Crippen LogP contribution in [0.5, 0.6) is 0 Å². The fraction of sp³-hybridized carbons (Fsp3) is 0.500. The number of carbonyl (C=O) groups is 1. The van der Waals surface area contributed by atoms with E-state index >= 15 is 0 Å². The Labute approximate surface area is 147 Å². The van der Waals surface area contributed by atoms with Crippen LogP contribution in [0.15, 0.2) is 29.6 Å². The highest BCUT2D eigenvalue weighted by Crippen LogP contribution is 2.36. The summed E-state index contributed by atoms with van der Waals surface area (Å²) < 4.78 is 5.18. The largest absolute Gasteiger partial charge is 0.464 e. The molecule has 0 aromatic heterocycles. The van der Waals surface area contributed by atoms with Crippen molar-refractivity contribution >= 4 is 11.7 Å². The topological polar surface area (TPSA) is 75.9 Å². The van der Waals surface area contributed by atoms with Crippen LogP contribution in [0.4, 0.5) is 5.69 Å². The SMILES string of the molecule is CCOC(=O)C1C([N+](=O)[O-])=C2CCCN2CN1c1ccc(C)c(C)c1. The molecule has 2 aliphatic heterocycles. The molecule has 7 heteroatoms. The van der Waals surface area contributed by atoms with Crippen LogP contribution in [-0.4, -0.2) is 41.7 Å². The van der Waals surface area contributed by atoms with Crippen molar-refractivity contribution in [1.29, 1.82) is 0 Å². The number of carbonyl (C=O) groups excluding carboxylic acids is 1. The highest BCUT2D eigenvalue weighted by atomic mass is 16.6. The molecular weight excluding hydrogens is 322 g/mol. The number of anilines is 1. The molecule has 0 bridgehead atoms. The maximum Gasteiger partial charge on any atom is 0.340 e. The standard InChI is InChI=1S/C18H23N3O4/c1-4-25-18(22)17-16(21(23)24)15-6-5-9-19(15)11-20(17)14-8-7-12(2)13(3)10-14/h7-8,10,17H,4-6,9,11H2,1-3H3. The Morgan fingerprint density at radius 2 is 2.12 bits per heavy atom. The second-order valence-electron chi connectivity index (χ2n) is 6.49. The van der Waals surface area contributed by atoms with E-state index in [4.69, 9.17) is 4.74 Å². The van der Waals surface area contributed by atoms with Gasteiger partial charge in [0.2, 0.25) is 6.04 Å². The van der Waals surface area contributed by atoms with Gasteiger partial charge < -0.3 is 14.5 Å². The molecule has 0 N–H and O–H groups in total. The number of allylic oxidation sites excluding steroid dienone is 1. The number of ether oxygens (including phenoxy) is 1. The van der Waals surface area contributed by atoms with Crippen molar-refractivity contribution < 1.29 is 14.5 Å². The monoisotopic (exact) mass is 345 g/mol. The minimum Gasteiger partial charge on any atom is -0.464 e. The quantitative estimate of drug-likeness (QED) is 0.474. The zero-order valence-corrected chi connectivity index (χ0v) is 14.8. The summed E-state index contributed by atoms with van der Waals surface area (Å²) in [6.45, 7) is 7.14. The van der Waals surface area contributed by atoms with Crippen LogP contribution in [-0.2, 0) is 9.53 Å². The number of nitro groups is 1. The van der Waals surface area contributed by atoms with E-state index in [0.29, 0.717) is 18.8 Å². The van der Waals surface area contributed by atoms with Crippen molar-refractivity contribution in [1.82, 2.24) is 4.90 Å². The Hall–Kier alpha value is -2.57. The van der Waals surface area contributed by atoms with Gasteiger partial charge in [0.05, 0.1) is 23.9 Å². The van der Waals surface area contributed by atoms with E-state index in [1.807, 2.05) is 36.9 Å². The van der Waals surface area contributed by atoms with Crippen molar-refractivity contribution in [3.8, 4) is 0 Å². The normalized spacial score (nSPS) is 19.9. The van der Waals surface area contributed by atoms with Crippen molar-refractivity contribution in [3.05, 3.63) is 50.8 Å². The molecule has 1 saturated heterocycles. The summed E-state index contributed by atoms with van der Waals surface area (Å²) in [4.78, 5) is 27.8. The van der Waals surface area contributed by atoms with Crippen LogP contribution in [0.25, 0.3) is 0 Å². The average Bonchev–Trinajstić information content (AvgIpc) is 3.03. The first-order chi connectivity index (χ1) is 11.9. The molecule has 7 nitrogen and oxygen atoms in total. The van der Waals surface area contributed by atoms with Crippen molar-refractivity contribution in [3.63, 3.8) is 0 Å². The third-order valence-corrected chi connectivity index (χ3v) is 4.94. The molecule has 134 valence electrons. The van der Waals surface area contributed by atoms with Gasteiger partial charge in [0.25, 0.3) is 5.70 Å². The zero-order valence-electron chi connectivity index (χ0n) is 14.8. The molecule has 1 aromatic carbocycles. The lowest BCUT2D eigenvalue weighted by Crippen LogP contribution is -2.54. The molecule has 0 spiro atoms. The number of fused-ring (bicyclic) bond motifs is 1. The maximum atomic E-state index is 12.6. The lowest BCUT2D eigenvalue weighted by molar-refractivity contribution is -0.431. The first kappa shape index (κ1) is 17.3. The third-order valence-electron chi connectivity index (χ3n) is 4.94. The van der Waals surface area contributed by atoms with Crippen LogP contribution in [0.1, 0.15) is 30.9 Å². The Morgan fingerprint density at radius 3 is 2.76 bits per heavy atom. The highest BCUT2D eigenvalue weighted by Gasteiger charge is 2.47. The molecule has 2 aliphatic rings. The first-order valence-electron chi connectivity index (χ1n) is 8.57. The molecule has 0 radical (unpaired) electrons. The molecule has 0 aliphatic carbocycles. The van der Waals surface area contributed by atoms with Gasteiger partial charge in [-0.15, -0.1) is 0 Å². The van der Waals surface area contributed by atoms with E-state index in [9.17, 15) is 14.9 Å². The predicted octanol–water partition coefficient (Wildman–Crippen LogP) is 2.60. The average molecular weight is 345 g/mol. The van der Waals surface area contributed by atoms with E-state index in [1.54, 1.807) is 11.8 Å². The molecule has 0 amide bonds. The number of rotatable bonds is 4. The molecule has 1 aromatic rings. The van der Waals surface area contributed by atoms with Crippen LogP contribution in [0.2, 0.25) is 0 Å². The summed E-state index contributed by atoms with van der Waals surface area (Å²) in [7, 11) is 0. The predicted molar refractivity (Wildman–Crippen MR) is 93.6 cm³/mol. The number of esters is 1. The molecule has 25 heavy (non-hydrogen) atoms. The third kappa shape index (κ3) is 3.06. The number of hydrogen-bond donors (Lipinski definition) is 0. The van der Waals surface area contributed by atoms with Gasteiger partial charge in [0.1, 0.15) is 0 Å². The van der Waals surface area contributed by atoms with Gasteiger partial charge in [0, 0.05) is 12.2 Å². The van der Waals surface area contributed by atoms with Crippen LogP contribution >= 0.6 is 0 Å². The molecule has 1 fully saturated rings. The van der Waals surface area contributed by atoms with Gasteiger partial charge in [-0.25, -0.2) is 4.79 Å². The fourth-order valence-electron chi connectivity index (χ4n) is 3.55. The molecule has 1 unspecified atom stereocenters. The van der Waals surface area contributed by atoms with Gasteiger partial charge in [-0.1, -0.05) is 6.07 Å². The van der Waals surface area contributed by atoms with E-state index in [2.05, 4.69) is 0 Å². The molecular formula is C18H23N3O4. The van der Waals surface area contributed by atoms with E-state index < -0.39 is 16.9 Å². The number of hydrogen-bond acceptors (Lipinski definition) is 6. The van der Waals surface area contributed by atoms with Crippen molar-refractivity contribution in [2.45, 2.75) is 39.7 Å². The summed E-state index contributed by atoms with van der Waals surface area (Å²) in [5, 5.41) is 11.8. The number of benzene rings is 1. The Balaban J connectivity index is 2.11. The molecule has 2 heterocycles. The van der Waals surface area contributed by atoms with E-state index in [-0.39, 0.29) is 12.3 Å². The van der Waals surface area contributed by atoms with Gasteiger partial charge >= 0.3 is 5.97 Å². The van der Waals surface area contributed by atoms with Gasteiger partial charge in [0.15, 0.2) is 0 Å². The number of aryl methyl sites for hydroxylation is 2. The minimum atomic E-state index is -1.01. The summed E-state index contributed by atoms with van der Waals surface area (Å²) in [5.74, 6) is -0.563. The summed E-state index contributed by atoms with van der Waals surface area (Å²) >= 11 is 0. The smallest absolute Gasteiger partial charge is 0.340 e. The first-order valence-corrected chi connectivity index (χ1v) is 8.57. The van der Waals surface area contributed by atoms with Crippen LogP contribution in [0.3, 0.4) is 0 Å².